The van der Waals surface area contributed by atoms with Crippen molar-refractivity contribution in [3.63, 3.8) is 0 Å². The Morgan fingerprint density at radius 1 is 1.11 bits per heavy atom. The van der Waals surface area contributed by atoms with Crippen molar-refractivity contribution in [3.05, 3.63) is 78.0 Å². The molecule has 1 heterocycles. The van der Waals surface area contributed by atoms with Crippen LogP contribution in [0.5, 0.6) is 5.75 Å². The lowest BCUT2D eigenvalue weighted by atomic mass is 10.1. The number of benzene rings is 3. The van der Waals surface area contributed by atoms with Crippen LogP contribution >= 0.6 is 0 Å². The summed E-state index contributed by atoms with van der Waals surface area (Å²) in [7, 11) is -3.79. The van der Waals surface area contributed by atoms with E-state index in [0.29, 0.717) is 18.7 Å². The normalized spacial score (nSPS) is 12.5. The summed E-state index contributed by atoms with van der Waals surface area (Å²) in [5.74, 6) is 0.719. The van der Waals surface area contributed by atoms with Gasteiger partial charge >= 0.3 is 0 Å². The summed E-state index contributed by atoms with van der Waals surface area (Å²) in [6, 6.07) is 18.7. The molecule has 1 aromatic heterocycles. The number of H-pyrrole nitrogens is 1. The molecular formula is C25H29N5O4S. The summed E-state index contributed by atoms with van der Waals surface area (Å²) in [4.78, 5) is 0.129. The highest BCUT2D eigenvalue weighted by molar-refractivity contribution is 7.92. The number of nitrogen functional groups attached to an aromatic ring is 1. The van der Waals surface area contributed by atoms with Crippen molar-refractivity contribution < 1.29 is 18.3 Å². The number of aliphatic hydroxyl groups is 1. The number of sulfonamides is 1. The number of nitrogens with zero attached hydrogens (tertiary/aromatic N) is 1. The molecule has 0 amide bonds. The van der Waals surface area contributed by atoms with Crippen molar-refractivity contribution in [2.45, 2.75) is 24.3 Å². The third kappa shape index (κ3) is 5.73. The van der Waals surface area contributed by atoms with Gasteiger partial charge in [-0.1, -0.05) is 37.3 Å². The number of aromatic amines is 1. The highest BCUT2D eigenvalue weighted by Crippen LogP contribution is 2.29. The van der Waals surface area contributed by atoms with E-state index in [1.54, 1.807) is 36.4 Å². The first-order valence-corrected chi connectivity index (χ1v) is 12.8. The molecule has 184 valence electrons. The lowest BCUT2D eigenvalue weighted by Crippen LogP contribution is -2.26. The maximum Gasteiger partial charge on any atom is 0.261 e. The van der Waals surface area contributed by atoms with Gasteiger partial charge in [-0.05, 0) is 36.8 Å². The zero-order valence-electron chi connectivity index (χ0n) is 19.4. The van der Waals surface area contributed by atoms with Gasteiger partial charge in [-0.3, -0.25) is 9.82 Å². The number of nitrogens with two attached hydrogens (primary N) is 1. The van der Waals surface area contributed by atoms with Crippen molar-refractivity contribution in [3.8, 4) is 5.75 Å². The average molecular weight is 496 g/mol. The highest BCUT2D eigenvalue weighted by Gasteiger charge is 2.18. The van der Waals surface area contributed by atoms with Crippen LogP contribution in [0.3, 0.4) is 0 Å². The fourth-order valence-electron chi connectivity index (χ4n) is 3.76. The third-order valence-electron chi connectivity index (χ3n) is 5.64. The molecule has 4 aromatic rings. The summed E-state index contributed by atoms with van der Waals surface area (Å²) in [6.07, 6.45) is -0.0426. The van der Waals surface area contributed by atoms with Gasteiger partial charge in [0, 0.05) is 35.8 Å². The SMILES string of the molecule is CCc1[nH]nc2cc(OCCNC[C@H](O)c3cccc(NS(=O)(=O)c4ccccc4)c3N)ccc12. The summed E-state index contributed by atoms with van der Waals surface area (Å²) in [6.45, 7) is 3.19. The van der Waals surface area contributed by atoms with E-state index in [4.69, 9.17) is 10.5 Å². The van der Waals surface area contributed by atoms with E-state index in [-0.39, 0.29) is 22.8 Å². The number of fused-ring (bicyclic) bond motifs is 1. The fraction of sp³-hybridized carbons (Fsp3) is 0.240. The zero-order chi connectivity index (χ0) is 24.8. The molecule has 0 saturated carbocycles. The standard InChI is InChI=1S/C25H29N5O4S/c1-2-21-19-12-11-17(15-23(19)29-28-21)34-14-13-27-16-24(31)20-9-6-10-22(25(20)26)30-35(32,33)18-7-4-3-5-8-18/h3-12,15,24,27,30-31H,2,13-14,16,26H2,1H3,(H,28,29)/t24-/m0/s1. The quantitative estimate of drug-likeness (QED) is 0.159. The number of rotatable bonds is 11. The van der Waals surface area contributed by atoms with Crippen molar-refractivity contribution in [1.82, 2.24) is 15.5 Å². The van der Waals surface area contributed by atoms with Gasteiger partial charge in [0.2, 0.25) is 0 Å². The van der Waals surface area contributed by atoms with E-state index in [9.17, 15) is 13.5 Å². The lowest BCUT2D eigenvalue weighted by Gasteiger charge is -2.18. The van der Waals surface area contributed by atoms with Gasteiger partial charge in [0.05, 0.1) is 27.9 Å². The van der Waals surface area contributed by atoms with Gasteiger partial charge in [0.1, 0.15) is 12.4 Å². The summed E-state index contributed by atoms with van der Waals surface area (Å²) in [5, 5.41) is 22.2. The maximum atomic E-state index is 12.6. The number of para-hydroxylation sites is 1. The Morgan fingerprint density at radius 3 is 2.69 bits per heavy atom. The first-order valence-electron chi connectivity index (χ1n) is 11.3. The molecule has 3 aromatic carbocycles. The molecule has 0 fully saturated rings. The molecule has 0 radical (unpaired) electrons. The summed E-state index contributed by atoms with van der Waals surface area (Å²) in [5.41, 5.74) is 8.97. The molecule has 0 aliphatic carbocycles. The van der Waals surface area contributed by atoms with E-state index in [1.807, 2.05) is 18.2 Å². The minimum atomic E-state index is -3.79. The molecule has 0 saturated heterocycles. The largest absolute Gasteiger partial charge is 0.492 e. The minimum Gasteiger partial charge on any atom is -0.492 e. The van der Waals surface area contributed by atoms with Crippen molar-refractivity contribution in [1.29, 1.82) is 0 Å². The number of aryl methyl sites for hydroxylation is 1. The molecule has 0 spiro atoms. The number of aliphatic hydroxyl groups excluding tert-OH is 1. The molecule has 9 nitrogen and oxygen atoms in total. The van der Waals surface area contributed by atoms with E-state index in [0.717, 1.165) is 28.8 Å². The third-order valence-corrected chi connectivity index (χ3v) is 7.02. The van der Waals surface area contributed by atoms with Crippen LogP contribution in [-0.2, 0) is 16.4 Å². The van der Waals surface area contributed by atoms with Crippen molar-refractivity contribution in [2.75, 3.05) is 30.2 Å². The average Bonchev–Trinajstić information content (AvgIpc) is 3.28. The van der Waals surface area contributed by atoms with Crippen molar-refractivity contribution >= 4 is 32.3 Å². The van der Waals surface area contributed by atoms with Crippen LogP contribution in [0.25, 0.3) is 10.9 Å². The zero-order valence-corrected chi connectivity index (χ0v) is 20.2. The van der Waals surface area contributed by atoms with Gasteiger partial charge < -0.3 is 20.9 Å². The van der Waals surface area contributed by atoms with Crippen molar-refractivity contribution in [2.24, 2.45) is 0 Å². The Kier molecular flexibility index (Phi) is 7.54. The Balaban J connectivity index is 1.30. The molecule has 0 unspecified atom stereocenters. The van der Waals surface area contributed by atoms with E-state index in [2.05, 4.69) is 27.2 Å². The molecule has 4 rings (SSSR count). The topological polar surface area (TPSA) is 142 Å². The molecule has 0 bridgehead atoms. The van der Waals surface area contributed by atoms with Crippen LogP contribution in [0.1, 0.15) is 24.3 Å². The second-order valence-corrected chi connectivity index (χ2v) is 9.71. The van der Waals surface area contributed by atoms with E-state index >= 15 is 0 Å². The Bertz CT molecular complexity index is 1390. The second kappa shape index (κ2) is 10.8. The Morgan fingerprint density at radius 2 is 1.91 bits per heavy atom. The predicted molar refractivity (Wildman–Crippen MR) is 137 cm³/mol. The minimum absolute atomic E-state index is 0.129. The van der Waals surface area contributed by atoms with Crippen LogP contribution in [0.2, 0.25) is 0 Å². The van der Waals surface area contributed by atoms with Gasteiger partial charge in [-0.25, -0.2) is 8.42 Å². The molecule has 10 heteroatoms. The van der Waals surface area contributed by atoms with Gasteiger partial charge in [0.15, 0.2) is 0 Å². The Hall–Kier alpha value is -3.60. The molecular weight excluding hydrogens is 466 g/mol. The maximum absolute atomic E-state index is 12.6. The van der Waals surface area contributed by atoms with Crippen LogP contribution in [-0.4, -0.2) is 43.4 Å². The lowest BCUT2D eigenvalue weighted by molar-refractivity contribution is 0.172. The highest BCUT2D eigenvalue weighted by atomic mass is 32.2. The molecule has 0 aliphatic rings. The number of nitrogens with one attached hydrogen (secondary N) is 3. The molecule has 0 aliphatic heterocycles. The van der Waals surface area contributed by atoms with E-state index in [1.165, 1.54) is 12.1 Å². The fourth-order valence-corrected chi connectivity index (χ4v) is 4.86. The number of hydrogen-bond donors (Lipinski definition) is 5. The van der Waals surface area contributed by atoms with Crippen LogP contribution in [0.4, 0.5) is 11.4 Å². The van der Waals surface area contributed by atoms with Crippen LogP contribution in [0, 0.1) is 0 Å². The predicted octanol–water partition coefficient (Wildman–Crippen LogP) is 3.21. The van der Waals surface area contributed by atoms with Crippen LogP contribution in [0.15, 0.2) is 71.6 Å². The molecule has 1 atom stereocenters. The monoisotopic (exact) mass is 495 g/mol. The van der Waals surface area contributed by atoms with E-state index < -0.39 is 16.1 Å². The number of ether oxygens (including phenoxy) is 1. The molecule has 35 heavy (non-hydrogen) atoms. The smallest absolute Gasteiger partial charge is 0.261 e. The summed E-state index contributed by atoms with van der Waals surface area (Å²) >= 11 is 0. The van der Waals surface area contributed by atoms with Gasteiger partial charge in [0.25, 0.3) is 10.0 Å². The first-order chi connectivity index (χ1) is 16.9. The number of aromatic nitrogens is 2. The Labute approximate surface area is 204 Å². The van der Waals surface area contributed by atoms with Gasteiger partial charge in [-0.15, -0.1) is 0 Å². The number of anilines is 2. The number of hydrogen-bond acceptors (Lipinski definition) is 7. The summed E-state index contributed by atoms with van der Waals surface area (Å²) < 4.78 is 33.5. The molecule has 6 N–H and O–H groups in total. The van der Waals surface area contributed by atoms with Crippen LogP contribution < -0.4 is 20.5 Å². The first kappa shape index (κ1) is 24.5. The second-order valence-electron chi connectivity index (χ2n) is 8.03. The van der Waals surface area contributed by atoms with Gasteiger partial charge in [-0.2, -0.15) is 5.10 Å².